The lowest BCUT2D eigenvalue weighted by Crippen LogP contribution is -2.04. The molecule has 9 aromatic carbocycles. The molecule has 6 nitrogen and oxygen atoms in total. The van der Waals surface area contributed by atoms with Gasteiger partial charge in [0.25, 0.3) is 0 Å². The summed E-state index contributed by atoms with van der Waals surface area (Å²) in [7, 11) is 0. The summed E-state index contributed by atoms with van der Waals surface area (Å²) in [6.45, 7) is 0. The van der Waals surface area contributed by atoms with Gasteiger partial charge in [0.2, 0.25) is 0 Å². The van der Waals surface area contributed by atoms with Gasteiger partial charge in [0.15, 0.2) is 17.5 Å². The highest BCUT2D eigenvalue weighted by atomic mass is 16.3. The number of rotatable bonds is 6. The van der Waals surface area contributed by atoms with E-state index in [2.05, 4.69) is 150 Å². The average Bonchev–Trinajstić information content (AvgIpc) is 4.03. The molecule has 0 saturated carbocycles. The first-order valence-corrected chi connectivity index (χ1v) is 21.1. The molecule has 13 rings (SSSR count). The summed E-state index contributed by atoms with van der Waals surface area (Å²) in [6.07, 6.45) is 0. The van der Waals surface area contributed by atoms with Gasteiger partial charge in [-0.15, -0.1) is 0 Å². The molecule has 0 bridgehead atoms. The van der Waals surface area contributed by atoms with Gasteiger partial charge in [-0.05, 0) is 65.7 Å². The standard InChI is InChI=1S/C57H34N4O2/c1-4-16-35(17-5-1)45-32-39(57-59-55(37-20-8-3-9-21-37)58-56(60-57)38-28-29-42-41-23-11-14-26-48(41)63-51(42)34-38)33-46(36-18-6-2-7-19-36)53(45)61-47-25-13-10-22-40(47)43-30-31-50-52(54(43)61)44-24-12-15-27-49(44)62-50/h1-34H. The fraction of sp³-hybridized carbons (Fsp3) is 0. The van der Waals surface area contributed by atoms with Crippen LogP contribution in [0.5, 0.6) is 0 Å². The zero-order valence-corrected chi connectivity index (χ0v) is 33.7. The lowest BCUT2D eigenvalue weighted by Gasteiger charge is -2.21. The van der Waals surface area contributed by atoms with Crippen molar-refractivity contribution in [3.8, 4) is 62.1 Å². The van der Waals surface area contributed by atoms with E-state index in [1.54, 1.807) is 0 Å². The minimum absolute atomic E-state index is 0.560. The van der Waals surface area contributed by atoms with E-state index in [1.807, 2.05) is 60.7 Å². The minimum Gasteiger partial charge on any atom is -0.456 e. The molecule has 0 saturated heterocycles. The van der Waals surface area contributed by atoms with E-state index >= 15 is 0 Å². The molecule has 0 fully saturated rings. The fourth-order valence-corrected chi connectivity index (χ4v) is 9.39. The highest BCUT2D eigenvalue weighted by Gasteiger charge is 2.25. The molecule has 0 aliphatic heterocycles. The zero-order valence-electron chi connectivity index (χ0n) is 33.7. The SMILES string of the molecule is c1ccc(-c2nc(-c3cc(-c4ccccc4)c(-n4c5ccccc5c5ccc6oc7ccccc7c6c54)c(-c4ccccc4)c3)nc(-c3ccc4c(c3)oc3ccccc34)n2)cc1. The quantitative estimate of drug-likeness (QED) is 0.167. The lowest BCUT2D eigenvalue weighted by molar-refractivity contribution is 0.668. The Kier molecular flexibility index (Phi) is 7.80. The monoisotopic (exact) mass is 806 g/mol. The number of furan rings is 2. The second-order valence-electron chi connectivity index (χ2n) is 15.9. The van der Waals surface area contributed by atoms with Crippen LogP contribution in [0.15, 0.2) is 215 Å². The van der Waals surface area contributed by atoms with Gasteiger partial charge in [0, 0.05) is 54.7 Å². The summed E-state index contributed by atoms with van der Waals surface area (Å²) in [6, 6.07) is 71.6. The minimum atomic E-state index is 0.560. The Morgan fingerprint density at radius 1 is 0.317 bits per heavy atom. The normalized spacial score (nSPS) is 11.8. The van der Waals surface area contributed by atoms with Crippen LogP contribution < -0.4 is 0 Å². The Morgan fingerprint density at radius 2 is 0.810 bits per heavy atom. The molecule has 4 aromatic heterocycles. The lowest BCUT2D eigenvalue weighted by atomic mass is 9.92. The summed E-state index contributed by atoms with van der Waals surface area (Å²) in [4.78, 5) is 15.7. The van der Waals surface area contributed by atoms with Crippen LogP contribution in [0.1, 0.15) is 0 Å². The summed E-state index contributed by atoms with van der Waals surface area (Å²) in [5.74, 6) is 1.71. The highest BCUT2D eigenvalue weighted by Crippen LogP contribution is 2.46. The van der Waals surface area contributed by atoms with Gasteiger partial charge < -0.3 is 13.4 Å². The third-order valence-corrected chi connectivity index (χ3v) is 12.2. The summed E-state index contributed by atoms with van der Waals surface area (Å²) in [5, 5.41) is 6.60. The molecule has 6 heteroatoms. The molecule has 63 heavy (non-hydrogen) atoms. The van der Waals surface area contributed by atoms with Gasteiger partial charge in [-0.1, -0.05) is 152 Å². The third-order valence-electron chi connectivity index (χ3n) is 12.2. The Balaban J connectivity index is 1.14. The van der Waals surface area contributed by atoms with E-state index in [-0.39, 0.29) is 0 Å². The Bertz CT molecular complexity index is 3840. The van der Waals surface area contributed by atoms with Crippen molar-refractivity contribution in [2.75, 3.05) is 0 Å². The Labute approximate surface area is 361 Å². The van der Waals surface area contributed by atoms with Gasteiger partial charge in [-0.25, -0.2) is 15.0 Å². The topological polar surface area (TPSA) is 69.9 Å². The molecule has 4 heterocycles. The van der Waals surface area contributed by atoms with Crippen LogP contribution in [-0.4, -0.2) is 19.5 Å². The van der Waals surface area contributed by atoms with E-state index < -0.39 is 0 Å². The van der Waals surface area contributed by atoms with Gasteiger partial charge in [0.1, 0.15) is 22.3 Å². The number of aromatic nitrogens is 4. The second kappa shape index (κ2) is 14.0. The molecular formula is C57H34N4O2. The predicted molar refractivity (Wildman–Crippen MR) is 256 cm³/mol. The van der Waals surface area contributed by atoms with Crippen molar-refractivity contribution in [1.29, 1.82) is 0 Å². The molecule has 0 N–H and O–H groups in total. The molecular weight excluding hydrogens is 773 g/mol. The van der Waals surface area contributed by atoms with Crippen molar-refractivity contribution in [1.82, 2.24) is 19.5 Å². The number of benzene rings is 9. The van der Waals surface area contributed by atoms with Crippen molar-refractivity contribution in [2.45, 2.75) is 0 Å². The molecule has 0 unspecified atom stereocenters. The van der Waals surface area contributed by atoms with Crippen molar-refractivity contribution in [3.05, 3.63) is 206 Å². The van der Waals surface area contributed by atoms with Gasteiger partial charge in [-0.2, -0.15) is 0 Å². The summed E-state index contributed by atoms with van der Waals surface area (Å²) in [5.41, 5.74) is 13.4. The molecule has 0 amide bonds. The van der Waals surface area contributed by atoms with Crippen LogP contribution in [0, 0.1) is 0 Å². The van der Waals surface area contributed by atoms with Crippen LogP contribution in [0.4, 0.5) is 0 Å². The van der Waals surface area contributed by atoms with Gasteiger partial charge in [-0.3, -0.25) is 0 Å². The first-order valence-electron chi connectivity index (χ1n) is 21.1. The maximum absolute atomic E-state index is 6.55. The molecule has 0 atom stereocenters. The average molecular weight is 807 g/mol. The van der Waals surface area contributed by atoms with E-state index in [0.29, 0.717) is 17.5 Å². The molecule has 0 radical (unpaired) electrons. The van der Waals surface area contributed by atoms with Gasteiger partial charge in [0.05, 0.1) is 22.1 Å². The van der Waals surface area contributed by atoms with Crippen molar-refractivity contribution in [3.63, 3.8) is 0 Å². The van der Waals surface area contributed by atoms with Crippen LogP contribution in [0.25, 0.3) is 128 Å². The van der Waals surface area contributed by atoms with Crippen LogP contribution >= 0.6 is 0 Å². The smallest absolute Gasteiger partial charge is 0.164 e. The molecule has 0 aliphatic carbocycles. The zero-order chi connectivity index (χ0) is 41.4. The fourth-order valence-electron chi connectivity index (χ4n) is 9.39. The van der Waals surface area contributed by atoms with E-state index in [9.17, 15) is 0 Å². The maximum Gasteiger partial charge on any atom is 0.164 e. The highest BCUT2D eigenvalue weighted by molar-refractivity contribution is 6.25. The summed E-state index contributed by atoms with van der Waals surface area (Å²) >= 11 is 0. The molecule has 0 spiro atoms. The number of fused-ring (bicyclic) bond motifs is 10. The van der Waals surface area contributed by atoms with Crippen molar-refractivity contribution < 1.29 is 8.83 Å². The second-order valence-corrected chi connectivity index (χ2v) is 15.9. The number of para-hydroxylation sites is 3. The van der Waals surface area contributed by atoms with E-state index in [4.69, 9.17) is 23.8 Å². The third kappa shape index (κ3) is 5.62. The number of hydrogen-bond acceptors (Lipinski definition) is 5. The summed E-state index contributed by atoms with van der Waals surface area (Å²) < 4.78 is 15.4. The number of hydrogen-bond donors (Lipinski definition) is 0. The number of nitrogens with zero attached hydrogens (tertiary/aromatic N) is 4. The largest absolute Gasteiger partial charge is 0.456 e. The first-order chi connectivity index (χ1) is 31.2. The van der Waals surface area contributed by atoms with Crippen LogP contribution in [0.3, 0.4) is 0 Å². The van der Waals surface area contributed by atoms with Crippen LogP contribution in [-0.2, 0) is 0 Å². The van der Waals surface area contributed by atoms with E-state index in [1.165, 1.54) is 0 Å². The Morgan fingerprint density at radius 3 is 1.49 bits per heavy atom. The van der Waals surface area contributed by atoms with Gasteiger partial charge >= 0.3 is 0 Å². The molecule has 0 aliphatic rings. The Hall–Kier alpha value is -8.61. The predicted octanol–water partition coefficient (Wildman–Crippen LogP) is 15.1. The van der Waals surface area contributed by atoms with Crippen molar-refractivity contribution >= 4 is 65.7 Å². The van der Waals surface area contributed by atoms with Crippen molar-refractivity contribution in [2.24, 2.45) is 0 Å². The maximum atomic E-state index is 6.55. The van der Waals surface area contributed by atoms with Crippen LogP contribution in [0.2, 0.25) is 0 Å². The van der Waals surface area contributed by atoms with E-state index in [0.717, 1.165) is 110 Å². The first kappa shape index (κ1) is 35.2. The molecule has 13 aromatic rings. The molecule has 294 valence electrons.